The highest BCUT2D eigenvalue weighted by atomic mass is 32.2. The third-order valence-electron chi connectivity index (χ3n) is 7.44. The number of carbonyl (C=O) groups excluding carboxylic acids is 1. The number of hydrogen-bond acceptors (Lipinski definition) is 7. The Bertz CT molecular complexity index is 1130. The number of amides is 1. The number of sulfonamides is 1. The van der Waals surface area contributed by atoms with E-state index in [0.717, 1.165) is 37.8 Å². The molecule has 1 aromatic rings. The highest BCUT2D eigenvalue weighted by molar-refractivity contribution is 7.89. The van der Waals surface area contributed by atoms with E-state index in [4.69, 9.17) is 16.6 Å². The molecule has 1 unspecified atom stereocenters. The Morgan fingerprint density at radius 3 is 2.55 bits per heavy atom. The van der Waals surface area contributed by atoms with E-state index in [2.05, 4.69) is 26.9 Å². The molecule has 1 aromatic carbocycles. The molecule has 1 saturated heterocycles. The lowest BCUT2D eigenvalue weighted by molar-refractivity contribution is -0.137. The van der Waals surface area contributed by atoms with Crippen LogP contribution >= 0.6 is 0 Å². The van der Waals surface area contributed by atoms with Crippen LogP contribution in [0.1, 0.15) is 57.4 Å². The number of nitrogens with two attached hydrogens (primary N) is 2. The smallest absolute Gasteiger partial charge is 0.303 e. The van der Waals surface area contributed by atoms with Gasteiger partial charge in [0.05, 0.1) is 5.69 Å². The Morgan fingerprint density at radius 2 is 1.85 bits per heavy atom. The number of aliphatic imine (C=N–C) groups is 1. The molecule has 1 amide bonds. The van der Waals surface area contributed by atoms with E-state index < -0.39 is 22.0 Å². The van der Waals surface area contributed by atoms with Gasteiger partial charge in [-0.15, -0.1) is 0 Å². The van der Waals surface area contributed by atoms with Crippen molar-refractivity contribution in [3.05, 3.63) is 23.8 Å². The highest BCUT2D eigenvalue weighted by Crippen LogP contribution is 2.31. The van der Waals surface area contributed by atoms with E-state index >= 15 is 0 Å². The second kappa shape index (κ2) is 15.2. The molecule has 2 aliphatic heterocycles. The summed E-state index contributed by atoms with van der Waals surface area (Å²) in [5.74, 6) is -0.642. The summed E-state index contributed by atoms with van der Waals surface area (Å²) in [6.07, 6.45) is 5.26. The highest BCUT2D eigenvalue weighted by Gasteiger charge is 2.32. The fourth-order valence-corrected chi connectivity index (χ4v) is 6.71. The summed E-state index contributed by atoms with van der Waals surface area (Å²) >= 11 is 0. The van der Waals surface area contributed by atoms with Gasteiger partial charge < -0.3 is 26.8 Å². The second-order valence-electron chi connectivity index (χ2n) is 10.8. The number of nitrogens with one attached hydrogen (secondary N) is 2. The molecule has 13 heteroatoms. The molecule has 0 saturated carbocycles. The number of piperazine rings is 1. The van der Waals surface area contributed by atoms with E-state index in [1.54, 1.807) is 17.0 Å². The van der Waals surface area contributed by atoms with Crippen LogP contribution in [0.15, 0.2) is 28.1 Å². The molecular formula is C27H45N7O5S. The molecule has 224 valence electrons. The van der Waals surface area contributed by atoms with Crippen molar-refractivity contribution in [1.82, 2.24) is 14.5 Å². The normalized spacial score (nSPS) is 18.4. The summed E-state index contributed by atoms with van der Waals surface area (Å²) in [6, 6.07) is 4.32. The zero-order chi connectivity index (χ0) is 29.1. The number of rotatable bonds is 15. The maximum absolute atomic E-state index is 13.6. The number of unbranched alkanes of at least 4 members (excludes halogenated alkanes) is 3. The van der Waals surface area contributed by atoms with Crippen molar-refractivity contribution in [2.45, 2.75) is 69.2 Å². The van der Waals surface area contributed by atoms with Gasteiger partial charge in [-0.25, -0.2) is 8.42 Å². The van der Waals surface area contributed by atoms with Crippen molar-refractivity contribution < 1.29 is 23.1 Å². The predicted molar refractivity (Wildman–Crippen MR) is 156 cm³/mol. The SMILES string of the molecule is C[C@@H]1CNc2c(cccc2S(=O)(=O)NC(CCCN=C(N)N)C(=O)N2CCN(CCCCCCC(=O)O)CC2)C1. The van der Waals surface area contributed by atoms with E-state index in [0.29, 0.717) is 63.7 Å². The summed E-state index contributed by atoms with van der Waals surface area (Å²) in [4.78, 5) is 32.4. The number of guanidine groups is 1. The molecule has 0 radical (unpaired) electrons. The summed E-state index contributed by atoms with van der Waals surface area (Å²) in [5.41, 5.74) is 12.4. The topological polar surface area (TPSA) is 183 Å². The zero-order valence-electron chi connectivity index (χ0n) is 23.5. The summed E-state index contributed by atoms with van der Waals surface area (Å²) < 4.78 is 29.9. The van der Waals surface area contributed by atoms with Gasteiger partial charge in [0.1, 0.15) is 10.9 Å². The Hall–Kier alpha value is -2.90. The van der Waals surface area contributed by atoms with E-state index in [1.807, 2.05) is 6.07 Å². The first-order chi connectivity index (χ1) is 19.1. The number of carbonyl (C=O) groups is 2. The van der Waals surface area contributed by atoms with Crippen LogP contribution in [0.4, 0.5) is 5.69 Å². The Kier molecular flexibility index (Phi) is 12.0. The average Bonchev–Trinajstić information content (AvgIpc) is 2.91. The van der Waals surface area contributed by atoms with Crippen LogP contribution in [0.2, 0.25) is 0 Å². The summed E-state index contributed by atoms with van der Waals surface area (Å²) in [5, 5.41) is 12.0. The van der Waals surface area contributed by atoms with Crippen LogP contribution < -0.4 is 21.5 Å². The van der Waals surface area contributed by atoms with Gasteiger partial charge in [-0.1, -0.05) is 31.9 Å². The maximum Gasteiger partial charge on any atom is 0.303 e. The van der Waals surface area contributed by atoms with E-state index in [1.165, 1.54) is 0 Å². The number of fused-ring (bicyclic) bond motifs is 1. The van der Waals surface area contributed by atoms with Crippen LogP contribution in [0.5, 0.6) is 0 Å². The maximum atomic E-state index is 13.6. The molecule has 0 aromatic heterocycles. The number of aliphatic carboxylic acids is 1. The van der Waals surface area contributed by atoms with E-state index in [9.17, 15) is 18.0 Å². The van der Waals surface area contributed by atoms with Gasteiger partial charge in [-0.3, -0.25) is 19.5 Å². The lowest BCUT2D eigenvalue weighted by atomic mass is 9.96. The van der Waals surface area contributed by atoms with Crippen LogP contribution in [-0.2, 0) is 26.0 Å². The number of hydrogen-bond donors (Lipinski definition) is 5. The molecule has 0 aliphatic carbocycles. The molecule has 2 aliphatic rings. The molecule has 2 atom stereocenters. The summed E-state index contributed by atoms with van der Waals surface area (Å²) in [7, 11) is -3.98. The monoisotopic (exact) mass is 579 g/mol. The minimum absolute atomic E-state index is 0.0438. The molecule has 0 bridgehead atoms. The molecule has 0 spiro atoms. The number of anilines is 1. The lowest BCUT2D eigenvalue weighted by Crippen LogP contribution is -2.55. The largest absolute Gasteiger partial charge is 0.481 e. The molecule has 1 fully saturated rings. The van der Waals surface area contributed by atoms with Crippen molar-refractivity contribution in [2.24, 2.45) is 22.4 Å². The van der Waals surface area contributed by atoms with Crippen LogP contribution in [0, 0.1) is 5.92 Å². The van der Waals surface area contributed by atoms with Crippen molar-refractivity contribution in [3.63, 3.8) is 0 Å². The average molecular weight is 580 g/mol. The van der Waals surface area contributed by atoms with Gasteiger partial charge in [0.2, 0.25) is 15.9 Å². The first-order valence-electron chi connectivity index (χ1n) is 14.2. The van der Waals surface area contributed by atoms with Crippen molar-refractivity contribution >= 4 is 33.5 Å². The predicted octanol–water partition coefficient (Wildman–Crippen LogP) is 1.17. The fourth-order valence-electron chi connectivity index (χ4n) is 5.26. The molecular weight excluding hydrogens is 534 g/mol. The Balaban J connectivity index is 1.61. The van der Waals surface area contributed by atoms with Gasteiger partial charge in [-0.2, -0.15) is 4.72 Å². The van der Waals surface area contributed by atoms with Crippen molar-refractivity contribution in [2.75, 3.05) is 51.1 Å². The minimum atomic E-state index is -3.98. The number of para-hydroxylation sites is 1. The lowest BCUT2D eigenvalue weighted by Gasteiger charge is -2.36. The number of nitrogens with zero attached hydrogens (tertiary/aromatic N) is 3. The fraction of sp³-hybridized carbons (Fsp3) is 0.667. The Morgan fingerprint density at radius 1 is 1.12 bits per heavy atom. The van der Waals surface area contributed by atoms with Crippen molar-refractivity contribution in [3.8, 4) is 0 Å². The van der Waals surface area contributed by atoms with Crippen LogP contribution in [0.25, 0.3) is 0 Å². The summed E-state index contributed by atoms with van der Waals surface area (Å²) in [6.45, 7) is 6.46. The number of benzene rings is 1. The zero-order valence-corrected chi connectivity index (χ0v) is 24.3. The molecule has 40 heavy (non-hydrogen) atoms. The second-order valence-corrected chi connectivity index (χ2v) is 12.5. The van der Waals surface area contributed by atoms with Gasteiger partial charge in [0.25, 0.3) is 0 Å². The van der Waals surface area contributed by atoms with Crippen molar-refractivity contribution in [1.29, 1.82) is 0 Å². The van der Waals surface area contributed by atoms with Gasteiger partial charge in [0, 0.05) is 45.7 Å². The Labute approximate surface area is 237 Å². The first-order valence-corrected chi connectivity index (χ1v) is 15.7. The van der Waals surface area contributed by atoms with Crippen LogP contribution in [0.3, 0.4) is 0 Å². The van der Waals surface area contributed by atoms with Crippen LogP contribution in [-0.4, -0.2) is 93.0 Å². The third kappa shape index (κ3) is 9.63. The number of carboxylic acid groups (broad SMARTS) is 1. The van der Waals surface area contributed by atoms with Gasteiger partial charge in [0.15, 0.2) is 5.96 Å². The van der Waals surface area contributed by atoms with Gasteiger partial charge in [-0.05, 0) is 56.2 Å². The minimum Gasteiger partial charge on any atom is -0.481 e. The van der Waals surface area contributed by atoms with Gasteiger partial charge >= 0.3 is 5.97 Å². The molecule has 2 heterocycles. The first kappa shape index (κ1) is 31.6. The molecule has 7 N–H and O–H groups in total. The molecule has 3 rings (SSSR count). The molecule has 12 nitrogen and oxygen atoms in total. The number of carboxylic acids is 1. The van der Waals surface area contributed by atoms with E-state index in [-0.39, 0.29) is 29.6 Å². The standard InChI is InChI=1S/C27H45N7O5S/c1-20-18-21-8-6-10-23(25(21)31-19-20)40(38,39)32-22(9-7-12-30-27(28)29)26(37)34-16-14-33(15-17-34)13-5-3-2-4-11-24(35)36/h6,8,10,20,22,31-32H,2-5,7,9,11-19H2,1H3,(H,35,36)(H4,28,29,30)/t20-,22?/m0/s1. The quantitative estimate of drug-likeness (QED) is 0.116. The third-order valence-corrected chi connectivity index (χ3v) is 8.95.